The zero-order chi connectivity index (χ0) is 15.5. The molecular weight excluding hydrogens is 336 g/mol. The molecule has 0 amide bonds. The lowest BCUT2D eigenvalue weighted by Crippen LogP contribution is -2.33. The zero-order valence-corrected chi connectivity index (χ0v) is 13.5. The number of carbonyl (C=O) groups excluding carboxylic acids is 1. The number of aliphatic hydroxyl groups excluding tert-OH is 1. The molecule has 1 heterocycles. The average Bonchev–Trinajstić information content (AvgIpc) is 2.37. The second-order valence-corrected chi connectivity index (χ2v) is 6.09. The van der Waals surface area contributed by atoms with E-state index in [4.69, 9.17) is 9.47 Å². The van der Waals surface area contributed by atoms with Gasteiger partial charge in [-0.25, -0.2) is 4.79 Å². The number of hydrogen-bond donors (Lipinski definition) is 1. The summed E-state index contributed by atoms with van der Waals surface area (Å²) in [5.41, 5.74) is 0.834. The van der Waals surface area contributed by atoms with Gasteiger partial charge < -0.3 is 14.6 Å². The molecule has 1 atom stereocenters. The van der Waals surface area contributed by atoms with Gasteiger partial charge in [-0.15, -0.1) is 0 Å². The molecule has 5 heteroatoms. The average molecular weight is 353 g/mol. The van der Waals surface area contributed by atoms with Crippen LogP contribution in [0.1, 0.15) is 31.9 Å². The standard InChI is InChI=1S/C16H17BrO4/c1-16(2)20-13(10-15(19)21-16)4-3-5-14(18)11-6-8-12(17)9-7-11/h3-4,6-10,14,18H,5H2,1-2H3/b4-3+. The molecule has 0 aromatic heterocycles. The monoisotopic (exact) mass is 352 g/mol. The molecule has 112 valence electrons. The second kappa shape index (κ2) is 6.45. The fraction of sp³-hybridized carbons (Fsp3) is 0.312. The summed E-state index contributed by atoms with van der Waals surface area (Å²) >= 11 is 3.35. The van der Waals surface area contributed by atoms with E-state index in [9.17, 15) is 9.90 Å². The van der Waals surface area contributed by atoms with Gasteiger partial charge >= 0.3 is 5.97 Å². The Morgan fingerprint density at radius 2 is 1.95 bits per heavy atom. The summed E-state index contributed by atoms with van der Waals surface area (Å²) in [5, 5.41) is 10.1. The van der Waals surface area contributed by atoms with Crippen molar-refractivity contribution >= 4 is 21.9 Å². The maximum atomic E-state index is 11.4. The van der Waals surface area contributed by atoms with Gasteiger partial charge in [-0.1, -0.05) is 34.1 Å². The number of aliphatic hydroxyl groups is 1. The molecule has 1 aliphatic heterocycles. The van der Waals surface area contributed by atoms with Crippen molar-refractivity contribution in [3.05, 3.63) is 58.3 Å². The number of halogens is 1. The molecule has 0 saturated carbocycles. The minimum Gasteiger partial charge on any atom is -0.453 e. The van der Waals surface area contributed by atoms with Crippen LogP contribution < -0.4 is 0 Å². The third kappa shape index (κ3) is 4.72. The first-order chi connectivity index (χ1) is 9.85. The number of rotatable bonds is 4. The van der Waals surface area contributed by atoms with Crippen LogP contribution in [0.2, 0.25) is 0 Å². The van der Waals surface area contributed by atoms with Gasteiger partial charge in [0.05, 0.1) is 12.2 Å². The van der Waals surface area contributed by atoms with Gasteiger partial charge in [-0.05, 0) is 30.2 Å². The number of hydrogen-bond acceptors (Lipinski definition) is 4. The number of ether oxygens (including phenoxy) is 2. The highest BCUT2D eigenvalue weighted by atomic mass is 79.9. The molecule has 2 rings (SSSR count). The third-order valence-corrected chi connectivity index (χ3v) is 3.40. The van der Waals surface area contributed by atoms with Gasteiger partial charge in [-0.2, -0.15) is 0 Å². The molecule has 1 N–H and O–H groups in total. The Kier molecular flexibility index (Phi) is 4.85. The SMILES string of the molecule is CC1(C)OC(=O)C=C(/C=C/CC(O)c2ccc(Br)cc2)O1. The van der Waals surface area contributed by atoms with Gasteiger partial charge in [0.15, 0.2) is 0 Å². The summed E-state index contributed by atoms with van der Waals surface area (Å²) in [6.45, 7) is 3.34. The van der Waals surface area contributed by atoms with E-state index in [1.54, 1.807) is 26.0 Å². The van der Waals surface area contributed by atoms with E-state index < -0.39 is 17.9 Å². The van der Waals surface area contributed by atoms with Crippen LogP contribution in [-0.2, 0) is 14.3 Å². The highest BCUT2D eigenvalue weighted by Gasteiger charge is 2.28. The van der Waals surface area contributed by atoms with Crippen molar-refractivity contribution in [1.82, 2.24) is 0 Å². The van der Waals surface area contributed by atoms with Crippen molar-refractivity contribution in [3.63, 3.8) is 0 Å². The van der Waals surface area contributed by atoms with Crippen LogP contribution in [0, 0.1) is 0 Å². The van der Waals surface area contributed by atoms with E-state index in [0.29, 0.717) is 12.2 Å². The Morgan fingerprint density at radius 3 is 2.57 bits per heavy atom. The largest absolute Gasteiger partial charge is 0.453 e. The van der Waals surface area contributed by atoms with Crippen molar-refractivity contribution in [3.8, 4) is 0 Å². The lowest BCUT2D eigenvalue weighted by molar-refractivity contribution is -0.203. The van der Waals surface area contributed by atoms with Gasteiger partial charge in [0.1, 0.15) is 5.76 Å². The van der Waals surface area contributed by atoms with Crippen molar-refractivity contribution in [1.29, 1.82) is 0 Å². The van der Waals surface area contributed by atoms with Crippen LogP contribution in [0.15, 0.2) is 52.7 Å². The molecule has 1 aliphatic rings. The second-order valence-electron chi connectivity index (χ2n) is 5.18. The van der Waals surface area contributed by atoms with E-state index in [-0.39, 0.29) is 0 Å². The number of allylic oxidation sites excluding steroid dienone is 1. The van der Waals surface area contributed by atoms with E-state index in [0.717, 1.165) is 10.0 Å². The third-order valence-electron chi connectivity index (χ3n) is 2.87. The Hall–Kier alpha value is -1.59. The van der Waals surface area contributed by atoms with Crippen LogP contribution in [0.5, 0.6) is 0 Å². The first kappa shape index (κ1) is 15.8. The lowest BCUT2D eigenvalue weighted by atomic mass is 10.1. The molecule has 1 aromatic rings. The number of esters is 1. The Labute approximate surface area is 132 Å². The van der Waals surface area contributed by atoms with E-state index in [1.165, 1.54) is 6.08 Å². The minimum absolute atomic E-state index is 0.428. The molecule has 0 radical (unpaired) electrons. The summed E-state index contributed by atoms with van der Waals surface area (Å²) in [4.78, 5) is 11.4. The van der Waals surface area contributed by atoms with Gasteiger partial charge in [0.25, 0.3) is 0 Å². The van der Waals surface area contributed by atoms with Crippen LogP contribution in [0.3, 0.4) is 0 Å². The predicted octanol–water partition coefficient (Wildman–Crippen LogP) is 3.62. The van der Waals surface area contributed by atoms with Crippen molar-refractivity contribution in [2.75, 3.05) is 0 Å². The lowest BCUT2D eigenvalue weighted by Gasteiger charge is -2.29. The van der Waals surface area contributed by atoms with Crippen LogP contribution in [0.25, 0.3) is 0 Å². The van der Waals surface area contributed by atoms with Crippen molar-refractivity contribution in [2.45, 2.75) is 32.2 Å². The van der Waals surface area contributed by atoms with Crippen LogP contribution in [0.4, 0.5) is 0 Å². The molecule has 0 aliphatic carbocycles. The number of benzene rings is 1. The summed E-state index contributed by atoms with van der Waals surface area (Å²) in [6.07, 6.45) is 4.56. The first-order valence-electron chi connectivity index (χ1n) is 6.59. The van der Waals surface area contributed by atoms with Crippen LogP contribution >= 0.6 is 15.9 Å². The summed E-state index contributed by atoms with van der Waals surface area (Å²) < 4.78 is 11.4. The minimum atomic E-state index is -0.962. The Morgan fingerprint density at radius 1 is 1.29 bits per heavy atom. The number of carbonyl (C=O) groups is 1. The summed E-state index contributed by atoms with van der Waals surface area (Å²) in [5.74, 6) is -0.964. The fourth-order valence-corrected chi connectivity index (χ4v) is 2.20. The molecule has 0 fully saturated rings. The highest BCUT2D eigenvalue weighted by Crippen LogP contribution is 2.24. The summed E-state index contributed by atoms with van der Waals surface area (Å²) in [7, 11) is 0. The van der Waals surface area contributed by atoms with Gasteiger partial charge in [0, 0.05) is 18.3 Å². The normalized spacial score (nSPS) is 18.9. The van der Waals surface area contributed by atoms with Crippen molar-refractivity contribution in [2.24, 2.45) is 0 Å². The molecule has 1 aromatic carbocycles. The van der Waals surface area contributed by atoms with E-state index >= 15 is 0 Å². The molecule has 0 spiro atoms. The first-order valence-corrected chi connectivity index (χ1v) is 7.39. The maximum absolute atomic E-state index is 11.4. The molecule has 21 heavy (non-hydrogen) atoms. The fourth-order valence-electron chi connectivity index (χ4n) is 1.94. The van der Waals surface area contributed by atoms with E-state index in [2.05, 4.69) is 15.9 Å². The van der Waals surface area contributed by atoms with Gasteiger partial charge in [0.2, 0.25) is 5.79 Å². The smallest absolute Gasteiger partial charge is 0.337 e. The number of cyclic esters (lactones) is 1. The predicted molar refractivity (Wildman–Crippen MR) is 82.2 cm³/mol. The highest BCUT2D eigenvalue weighted by molar-refractivity contribution is 9.10. The quantitative estimate of drug-likeness (QED) is 0.840. The van der Waals surface area contributed by atoms with Crippen molar-refractivity contribution < 1.29 is 19.4 Å². The molecular formula is C16H17BrO4. The van der Waals surface area contributed by atoms with Gasteiger partial charge in [-0.3, -0.25) is 0 Å². The molecule has 0 saturated heterocycles. The Bertz CT molecular complexity index is 572. The molecule has 4 nitrogen and oxygen atoms in total. The topological polar surface area (TPSA) is 55.8 Å². The Balaban J connectivity index is 1.96. The molecule has 1 unspecified atom stereocenters. The molecule has 0 bridgehead atoms. The van der Waals surface area contributed by atoms with Crippen LogP contribution in [-0.4, -0.2) is 16.9 Å². The zero-order valence-electron chi connectivity index (χ0n) is 11.9. The summed E-state index contributed by atoms with van der Waals surface area (Å²) in [6, 6.07) is 7.49. The van der Waals surface area contributed by atoms with E-state index in [1.807, 2.05) is 24.3 Å². The maximum Gasteiger partial charge on any atom is 0.337 e.